The van der Waals surface area contributed by atoms with Crippen LogP contribution in [-0.2, 0) is 4.74 Å². The van der Waals surface area contributed by atoms with Crippen molar-refractivity contribution in [2.75, 3.05) is 26.8 Å². The Morgan fingerprint density at radius 3 is 2.24 bits per heavy atom. The number of hydrogen-bond donors (Lipinski definition) is 1. The van der Waals surface area contributed by atoms with Gasteiger partial charge in [0.05, 0.1) is 13.1 Å². The van der Waals surface area contributed by atoms with Gasteiger partial charge in [0.1, 0.15) is 0 Å². The lowest BCUT2D eigenvalue weighted by molar-refractivity contribution is -0.969. The molecule has 5 nitrogen and oxygen atoms in total. The fraction of sp³-hybridized carbons (Fsp3) is 0.923. The molecule has 8 heteroatoms. The molecule has 0 aliphatic carbocycles. The van der Waals surface area contributed by atoms with Gasteiger partial charge in [-0.2, -0.15) is 13.2 Å². The first-order chi connectivity index (χ1) is 9.71. The normalized spacial score (nSPS) is 21.8. The van der Waals surface area contributed by atoms with Crippen LogP contribution in [0.5, 0.6) is 0 Å². The molecule has 1 fully saturated rings. The van der Waals surface area contributed by atoms with E-state index in [0.29, 0.717) is 25.7 Å². The molecule has 1 aliphatic rings. The van der Waals surface area contributed by atoms with Crippen molar-refractivity contribution in [3.8, 4) is 0 Å². The van der Waals surface area contributed by atoms with E-state index < -0.39 is 28.9 Å². The van der Waals surface area contributed by atoms with Gasteiger partial charge in [-0.15, -0.1) is 0 Å². The number of unbranched alkanes of at least 4 members (excludes halogenated alkanes) is 1. The van der Waals surface area contributed by atoms with Crippen LogP contribution in [0.15, 0.2) is 0 Å². The third kappa shape index (κ3) is 3.49. The standard InChI is InChI=1S/C13H22F3NO4/c1-21-10-6-3-7-12(20,13(14,15)16)17(11(18)19)8-4-2-5-9-17/h20H,2-10H2,1H3. The third-order valence-electron chi connectivity index (χ3n) is 4.22. The number of piperidine rings is 1. The van der Waals surface area contributed by atoms with Crippen molar-refractivity contribution >= 4 is 6.09 Å². The number of ether oxygens (including phenoxy) is 1. The van der Waals surface area contributed by atoms with Crippen molar-refractivity contribution in [2.24, 2.45) is 0 Å². The van der Waals surface area contributed by atoms with E-state index in [9.17, 15) is 28.2 Å². The number of carboxylic acid groups (broad SMARTS) is 1. The number of hydrogen-bond acceptors (Lipinski definition) is 4. The van der Waals surface area contributed by atoms with Gasteiger partial charge < -0.3 is 19.7 Å². The number of amides is 1. The first-order valence-electron chi connectivity index (χ1n) is 7.08. The second kappa shape index (κ2) is 6.93. The molecule has 1 N–H and O–H groups in total. The summed E-state index contributed by atoms with van der Waals surface area (Å²) in [5.74, 6) is 0. The van der Waals surface area contributed by atoms with E-state index in [4.69, 9.17) is 4.74 Å². The Bertz CT molecular complexity index is 356. The van der Waals surface area contributed by atoms with Gasteiger partial charge in [0.15, 0.2) is 0 Å². The smallest absolute Gasteiger partial charge is 0.473 e. The molecule has 0 aromatic carbocycles. The number of nitrogens with zero attached hydrogens (tertiary/aromatic N) is 1. The summed E-state index contributed by atoms with van der Waals surface area (Å²) in [4.78, 5) is 11.4. The van der Waals surface area contributed by atoms with Crippen molar-refractivity contribution in [3.63, 3.8) is 0 Å². The maximum absolute atomic E-state index is 13.4. The topological polar surface area (TPSA) is 69.6 Å². The molecule has 124 valence electrons. The Labute approximate surface area is 121 Å². The van der Waals surface area contributed by atoms with E-state index in [1.165, 1.54) is 7.11 Å². The molecule has 1 saturated heterocycles. The van der Waals surface area contributed by atoms with Crippen LogP contribution < -0.4 is 5.11 Å². The highest BCUT2D eigenvalue weighted by Crippen LogP contribution is 2.44. The summed E-state index contributed by atoms with van der Waals surface area (Å²) >= 11 is 0. The van der Waals surface area contributed by atoms with Crippen LogP contribution in [0.2, 0.25) is 0 Å². The van der Waals surface area contributed by atoms with Gasteiger partial charge in [0.2, 0.25) is 0 Å². The van der Waals surface area contributed by atoms with Crippen LogP contribution in [0.3, 0.4) is 0 Å². The molecule has 1 atom stereocenters. The van der Waals surface area contributed by atoms with Gasteiger partial charge in [0.25, 0.3) is 6.09 Å². The van der Waals surface area contributed by atoms with Gasteiger partial charge >= 0.3 is 11.9 Å². The third-order valence-corrected chi connectivity index (χ3v) is 4.22. The van der Waals surface area contributed by atoms with Crippen LogP contribution in [0, 0.1) is 0 Å². The highest BCUT2D eigenvalue weighted by Gasteiger charge is 2.68. The minimum Gasteiger partial charge on any atom is -0.498 e. The van der Waals surface area contributed by atoms with Crippen LogP contribution in [0.25, 0.3) is 0 Å². The molecular formula is C13H22F3NO4. The average molecular weight is 313 g/mol. The van der Waals surface area contributed by atoms with Crippen LogP contribution in [0.1, 0.15) is 38.5 Å². The van der Waals surface area contributed by atoms with E-state index in [1.54, 1.807) is 0 Å². The molecule has 0 saturated carbocycles. The predicted molar refractivity (Wildman–Crippen MR) is 66.0 cm³/mol. The lowest BCUT2D eigenvalue weighted by Crippen LogP contribution is -2.77. The van der Waals surface area contributed by atoms with Gasteiger partial charge in [-0.05, 0) is 32.1 Å². The molecule has 1 unspecified atom stereocenters. The van der Waals surface area contributed by atoms with E-state index in [0.717, 1.165) is 0 Å². The summed E-state index contributed by atoms with van der Waals surface area (Å²) in [5, 5.41) is 21.7. The quantitative estimate of drug-likeness (QED) is 0.594. The molecule has 21 heavy (non-hydrogen) atoms. The summed E-state index contributed by atoms with van der Waals surface area (Å²) < 4.78 is 43.6. The molecule has 1 aliphatic heterocycles. The first-order valence-corrected chi connectivity index (χ1v) is 7.08. The Morgan fingerprint density at radius 1 is 1.24 bits per heavy atom. The van der Waals surface area contributed by atoms with Gasteiger partial charge in [-0.25, -0.2) is 4.48 Å². The predicted octanol–water partition coefficient (Wildman–Crippen LogP) is 1.40. The Balaban J connectivity index is 3.05. The number of carbonyl (C=O) groups excluding carboxylic acids is 1. The summed E-state index contributed by atoms with van der Waals surface area (Å²) in [6.07, 6.45) is -5.91. The Hall–Kier alpha value is -0.860. The average Bonchev–Trinajstić information content (AvgIpc) is 2.42. The molecule has 0 bridgehead atoms. The molecule has 0 aromatic rings. The number of aliphatic hydroxyl groups is 1. The molecule has 1 heterocycles. The van der Waals surface area contributed by atoms with Crippen molar-refractivity contribution in [2.45, 2.75) is 50.4 Å². The highest BCUT2D eigenvalue weighted by atomic mass is 19.4. The van der Waals surface area contributed by atoms with Crippen LogP contribution in [0.4, 0.5) is 18.0 Å². The van der Waals surface area contributed by atoms with Crippen molar-refractivity contribution in [1.82, 2.24) is 0 Å². The number of carbonyl (C=O) groups is 1. The van der Waals surface area contributed by atoms with Crippen molar-refractivity contribution in [3.05, 3.63) is 0 Å². The maximum Gasteiger partial charge on any atom is 0.473 e. The van der Waals surface area contributed by atoms with Crippen molar-refractivity contribution in [1.29, 1.82) is 0 Å². The lowest BCUT2D eigenvalue weighted by atomic mass is 9.95. The molecule has 0 spiro atoms. The van der Waals surface area contributed by atoms with E-state index in [1.807, 2.05) is 0 Å². The zero-order chi connectivity index (χ0) is 16.1. The first kappa shape index (κ1) is 18.2. The van der Waals surface area contributed by atoms with Crippen molar-refractivity contribution < 1.29 is 37.4 Å². The Morgan fingerprint density at radius 2 is 1.81 bits per heavy atom. The minimum atomic E-state index is -5.03. The summed E-state index contributed by atoms with van der Waals surface area (Å²) in [7, 11) is 1.43. The monoisotopic (exact) mass is 313 g/mol. The molecule has 0 radical (unpaired) electrons. The van der Waals surface area contributed by atoms with Crippen LogP contribution >= 0.6 is 0 Å². The van der Waals surface area contributed by atoms with Gasteiger partial charge in [-0.1, -0.05) is 0 Å². The summed E-state index contributed by atoms with van der Waals surface area (Å²) in [5.41, 5.74) is -3.31. The SMILES string of the molecule is COCCCCC(O)(C(F)(F)F)[N+]1(C(=O)[O-])CCCCC1. The molecule has 1 amide bonds. The number of halogens is 3. The molecule has 1 rings (SSSR count). The zero-order valence-corrected chi connectivity index (χ0v) is 12.1. The van der Waals surface area contributed by atoms with Gasteiger partial charge in [0, 0.05) is 20.1 Å². The van der Waals surface area contributed by atoms with Gasteiger partial charge in [-0.3, -0.25) is 0 Å². The number of quaternary nitrogens is 1. The molecule has 0 aromatic heterocycles. The van der Waals surface area contributed by atoms with E-state index in [-0.39, 0.29) is 26.1 Å². The maximum atomic E-state index is 13.4. The second-order valence-electron chi connectivity index (χ2n) is 5.51. The Kier molecular flexibility index (Phi) is 6.01. The summed E-state index contributed by atoms with van der Waals surface area (Å²) in [6, 6.07) is 0. The molecular weight excluding hydrogens is 291 g/mol. The van der Waals surface area contributed by atoms with E-state index in [2.05, 4.69) is 0 Å². The van der Waals surface area contributed by atoms with Crippen LogP contribution in [-0.4, -0.2) is 54.4 Å². The highest BCUT2D eigenvalue weighted by molar-refractivity contribution is 5.55. The summed E-state index contributed by atoms with van der Waals surface area (Å²) in [6.45, 7) is -0.259. The lowest BCUT2D eigenvalue weighted by Gasteiger charge is -2.51. The zero-order valence-electron chi connectivity index (χ0n) is 12.1. The minimum absolute atomic E-state index is 0.0249. The number of methoxy groups -OCH3 is 1. The number of likely N-dealkylation sites (tertiary alicyclic amines) is 1. The fourth-order valence-corrected chi connectivity index (χ4v) is 2.97. The van der Waals surface area contributed by atoms with E-state index >= 15 is 0 Å². The largest absolute Gasteiger partial charge is 0.498 e. The number of rotatable bonds is 6. The fourth-order valence-electron chi connectivity index (χ4n) is 2.97. The number of alkyl halides is 3. The second-order valence-corrected chi connectivity index (χ2v) is 5.51.